The van der Waals surface area contributed by atoms with E-state index in [-0.39, 0.29) is 5.57 Å². The number of aliphatic hydroxyl groups excluding tert-OH is 1. The van der Waals surface area contributed by atoms with E-state index in [0.29, 0.717) is 6.08 Å². The molecule has 0 radical (unpaired) electrons. The zero-order chi connectivity index (χ0) is 9.02. The first-order chi connectivity index (χ1) is 4.95. The second kappa shape index (κ2) is 3.55. The maximum atomic E-state index is 10.4. The van der Waals surface area contributed by atoms with Crippen molar-refractivity contribution < 1.29 is 19.8 Å². The van der Waals surface area contributed by atoms with Gasteiger partial charge in [0.1, 0.15) is 5.76 Å². The van der Waals surface area contributed by atoms with Crippen LogP contribution in [-0.2, 0) is 9.59 Å². The average molecular weight is 156 g/mol. The number of carboxylic acid groups (broad SMARTS) is 1. The van der Waals surface area contributed by atoms with Gasteiger partial charge in [-0.1, -0.05) is 6.58 Å². The molecule has 0 rings (SSSR count). The molecule has 0 unspecified atom stereocenters. The molecule has 0 heterocycles. The Labute approximate surface area is 63.5 Å². The highest BCUT2D eigenvalue weighted by molar-refractivity contribution is 6.37. The fourth-order valence-corrected chi connectivity index (χ4v) is 0.309. The Balaban J connectivity index is 4.44. The summed E-state index contributed by atoms with van der Waals surface area (Å²) in [6.45, 7) is 4.76. The Morgan fingerprint density at radius 3 is 2.09 bits per heavy atom. The van der Waals surface area contributed by atoms with Gasteiger partial charge in [0.25, 0.3) is 5.78 Å². The minimum absolute atomic E-state index is 0.250. The van der Waals surface area contributed by atoms with Crippen molar-refractivity contribution in [1.29, 1.82) is 0 Å². The van der Waals surface area contributed by atoms with Gasteiger partial charge in [-0.3, -0.25) is 4.79 Å². The van der Waals surface area contributed by atoms with Gasteiger partial charge in [-0.2, -0.15) is 0 Å². The zero-order valence-electron chi connectivity index (χ0n) is 6.00. The first kappa shape index (κ1) is 9.42. The van der Waals surface area contributed by atoms with E-state index in [1.807, 2.05) is 0 Å². The molecule has 0 aromatic heterocycles. The summed E-state index contributed by atoms with van der Waals surface area (Å²) in [7, 11) is 0. The lowest BCUT2D eigenvalue weighted by Crippen LogP contribution is -2.09. The molecule has 2 N–H and O–H groups in total. The van der Waals surface area contributed by atoms with Gasteiger partial charge in [-0.15, -0.1) is 0 Å². The van der Waals surface area contributed by atoms with Gasteiger partial charge >= 0.3 is 5.97 Å². The first-order valence-electron chi connectivity index (χ1n) is 2.79. The average Bonchev–Trinajstić information content (AvgIpc) is 1.87. The van der Waals surface area contributed by atoms with E-state index in [9.17, 15) is 9.59 Å². The van der Waals surface area contributed by atoms with Gasteiger partial charge < -0.3 is 10.2 Å². The summed E-state index contributed by atoms with van der Waals surface area (Å²) in [5.74, 6) is -3.17. The highest BCUT2D eigenvalue weighted by Crippen LogP contribution is 2.00. The van der Waals surface area contributed by atoms with Gasteiger partial charge in [-0.05, 0) is 12.5 Å². The van der Waals surface area contributed by atoms with Crippen LogP contribution in [0.15, 0.2) is 24.0 Å². The molecule has 0 amide bonds. The van der Waals surface area contributed by atoms with Crippen molar-refractivity contribution >= 4 is 11.8 Å². The number of aliphatic hydroxyl groups is 1. The van der Waals surface area contributed by atoms with Crippen molar-refractivity contribution in [1.82, 2.24) is 0 Å². The zero-order valence-corrected chi connectivity index (χ0v) is 6.00. The number of hydrogen-bond acceptors (Lipinski definition) is 3. The van der Waals surface area contributed by atoms with Crippen molar-refractivity contribution in [3.63, 3.8) is 0 Å². The smallest absolute Gasteiger partial charge is 0.376 e. The third kappa shape index (κ3) is 3.20. The van der Waals surface area contributed by atoms with Crippen LogP contribution in [0.2, 0.25) is 0 Å². The fourth-order valence-electron chi connectivity index (χ4n) is 0.309. The van der Waals surface area contributed by atoms with Crippen LogP contribution in [-0.4, -0.2) is 22.0 Å². The van der Waals surface area contributed by atoms with Crippen LogP contribution in [0.3, 0.4) is 0 Å². The monoisotopic (exact) mass is 156 g/mol. The molecule has 11 heavy (non-hydrogen) atoms. The highest BCUT2D eigenvalue weighted by Gasteiger charge is 2.08. The van der Waals surface area contributed by atoms with E-state index in [0.717, 1.165) is 0 Å². The molecule has 0 atom stereocenters. The first-order valence-corrected chi connectivity index (χ1v) is 2.79. The number of allylic oxidation sites excluding steroid dienone is 1. The van der Waals surface area contributed by atoms with Crippen LogP contribution < -0.4 is 0 Å². The molecular weight excluding hydrogens is 148 g/mol. The van der Waals surface area contributed by atoms with E-state index in [2.05, 4.69) is 6.58 Å². The van der Waals surface area contributed by atoms with Gasteiger partial charge in [-0.25, -0.2) is 4.79 Å². The maximum absolute atomic E-state index is 10.4. The summed E-state index contributed by atoms with van der Waals surface area (Å²) in [6, 6.07) is 0. The topological polar surface area (TPSA) is 74.6 Å². The second-order valence-corrected chi connectivity index (χ2v) is 1.98. The van der Waals surface area contributed by atoms with Gasteiger partial charge in [0.05, 0.1) is 0 Å². The van der Waals surface area contributed by atoms with Crippen molar-refractivity contribution in [3.8, 4) is 0 Å². The molecule has 0 aliphatic carbocycles. The second-order valence-electron chi connectivity index (χ2n) is 1.98. The highest BCUT2D eigenvalue weighted by atomic mass is 16.4. The quantitative estimate of drug-likeness (QED) is 0.272. The summed E-state index contributed by atoms with van der Waals surface area (Å²) in [4.78, 5) is 20.3. The van der Waals surface area contributed by atoms with Crippen molar-refractivity contribution in [3.05, 3.63) is 24.0 Å². The maximum Gasteiger partial charge on any atom is 0.376 e. The normalized spacial score (nSPS) is 10.8. The summed E-state index contributed by atoms with van der Waals surface area (Å²) in [6.07, 6.45) is 0.616. The van der Waals surface area contributed by atoms with E-state index in [4.69, 9.17) is 10.2 Å². The largest absolute Gasteiger partial charge is 0.508 e. The summed E-state index contributed by atoms with van der Waals surface area (Å²) >= 11 is 0. The molecule has 0 fully saturated rings. The third-order valence-electron chi connectivity index (χ3n) is 0.916. The van der Waals surface area contributed by atoms with Crippen LogP contribution in [0.5, 0.6) is 0 Å². The standard InChI is InChI=1S/C7H8O4/c1-4(2)5(8)3-6(9)7(10)11/h3,8H,1H2,2H3,(H,10,11). The van der Waals surface area contributed by atoms with Gasteiger partial charge in [0, 0.05) is 6.08 Å². The van der Waals surface area contributed by atoms with Crippen LogP contribution >= 0.6 is 0 Å². The number of carbonyl (C=O) groups excluding carboxylic acids is 1. The minimum atomic E-state index is -1.60. The lowest BCUT2D eigenvalue weighted by molar-refractivity contribution is -0.146. The Hall–Kier alpha value is -1.58. The van der Waals surface area contributed by atoms with Crippen LogP contribution in [0.4, 0.5) is 0 Å². The number of aliphatic carboxylic acids is 1. The fraction of sp³-hybridized carbons (Fsp3) is 0.143. The predicted octanol–water partition coefficient (Wildman–Crippen LogP) is 0.658. The molecular formula is C7H8O4. The molecule has 4 nitrogen and oxygen atoms in total. The number of rotatable bonds is 3. The summed E-state index contributed by atoms with van der Waals surface area (Å²) in [5, 5.41) is 16.9. The predicted molar refractivity (Wildman–Crippen MR) is 38.2 cm³/mol. The van der Waals surface area contributed by atoms with E-state index >= 15 is 0 Å². The van der Waals surface area contributed by atoms with E-state index in [1.54, 1.807) is 0 Å². The SMILES string of the molecule is C=C(C)C(O)=CC(=O)C(=O)O. The van der Waals surface area contributed by atoms with Crippen molar-refractivity contribution in [2.45, 2.75) is 6.92 Å². The molecule has 0 aromatic carbocycles. The minimum Gasteiger partial charge on any atom is -0.508 e. The van der Waals surface area contributed by atoms with E-state index in [1.165, 1.54) is 6.92 Å². The van der Waals surface area contributed by atoms with Crippen LogP contribution in [0.25, 0.3) is 0 Å². The summed E-state index contributed by atoms with van der Waals surface area (Å²) < 4.78 is 0. The molecule has 60 valence electrons. The van der Waals surface area contributed by atoms with Gasteiger partial charge in [0.2, 0.25) is 0 Å². The third-order valence-corrected chi connectivity index (χ3v) is 0.916. The number of carboxylic acids is 1. The van der Waals surface area contributed by atoms with Crippen molar-refractivity contribution in [2.75, 3.05) is 0 Å². The molecule has 0 aliphatic rings. The number of hydrogen-bond donors (Lipinski definition) is 2. The summed E-state index contributed by atoms with van der Waals surface area (Å²) in [5.41, 5.74) is 0.250. The Morgan fingerprint density at radius 1 is 1.36 bits per heavy atom. The molecule has 4 heteroatoms. The molecule has 0 spiro atoms. The van der Waals surface area contributed by atoms with Crippen LogP contribution in [0, 0.1) is 0 Å². The number of carbonyl (C=O) groups is 2. The van der Waals surface area contributed by atoms with Crippen molar-refractivity contribution in [2.24, 2.45) is 0 Å². The number of ketones is 1. The Morgan fingerprint density at radius 2 is 1.82 bits per heavy atom. The molecule has 0 saturated carbocycles. The molecule has 0 aromatic rings. The van der Waals surface area contributed by atoms with E-state index < -0.39 is 17.5 Å². The Bertz CT molecular complexity index is 237. The lowest BCUT2D eigenvalue weighted by atomic mass is 10.2. The van der Waals surface area contributed by atoms with Crippen LogP contribution in [0.1, 0.15) is 6.92 Å². The lowest BCUT2D eigenvalue weighted by Gasteiger charge is -1.93. The molecule has 0 bridgehead atoms. The molecule has 0 aliphatic heterocycles. The molecule has 0 saturated heterocycles. The Kier molecular flexibility index (Phi) is 3.04. The van der Waals surface area contributed by atoms with Gasteiger partial charge in [0.15, 0.2) is 0 Å².